The van der Waals surface area contributed by atoms with E-state index >= 15 is 0 Å². The van der Waals surface area contributed by atoms with E-state index in [2.05, 4.69) is 29.2 Å². The normalized spacial score (nSPS) is 10.4. The van der Waals surface area contributed by atoms with Crippen LogP contribution in [0.4, 0.5) is 17.2 Å². The molecule has 134 valence electrons. The number of aryl methyl sites for hydroxylation is 1. The fraction of sp³-hybridized carbons (Fsp3) is 0.389. The van der Waals surface area contributed by atoms with Crippen molar-refractivity contribution in [1.82, 2.24) is 5.16 Å². The third-order valence-corrected chi connectivity index (χ3v) is 3.85. The van der Waals surface area contributed by atoms with Crippen molar-refractivity contribution in [1.29, 1.82) is 0 Å². The van der Waals surface area contributed by atoms with Crippen LogP contribution in [-0.2, 0) is 9.59 Å². The molecule has 1 aromatic heterocycles. The van der Waals surface area contributed by atoms with Gasteiger partial charge in [0.15, 0.2) is 5.82 Å². The van der Waals surface area contributed by atoms with Crippen molar-refractivity contribution in [2.45, 2.75) is 27.7 Å². The summed E-state index contributed by atoms with van der Waals surface area (Å²) in [5, 5.41) is 6.59. The van der Waals surface area contributed by atoms with Gasteiger partial charge in [-0.1, -0.05) is 5.16 Å². The second-order valence-corrected chi connectivity index (χ2v) is 5.67. The topological polar surface area (TPSA) is 78.7 Å². The highest BCUT2D eigenvalue weighted by Crippen LogP contribution is 2.18. The molecule has 2 aromatic rings. The van der Waals surface area contributed by atoms with Crippen LogP contribution in [0.25, 0.3) is 0 Å². The van der Waals surface area contributed by atoms with Gasteiger partial charge in [0.2, 0.25) is 11.8 Å². The number of rotatable bonds is 7. The van der Waals surface area contributed by atoms with E-state index in [4.69, 9.17) is 4.52 Å². The van der Waals surface area contributed by atoms with E-state index < -0.39 is 0 Å². The number of aromatic nitrogens is 1. The summed E-state index contributed by atoms with van der Waals surface area (Å²) in [6.07, 6.45) is 0. The number of nitrogens with zero attached hydrogens (tertiary/aromatic N) is 3. The maximum atomic E-state index is 12.3. The lowest BCUT2D eigenvalue weighted by molar-refractivity contribution is -0.120. The molecule has 0 aliphatic carbocycles. The SMILES string of the molecule is CCN(CC)c1ccc(NC(=O)CN(C(C)=O)c2cc(C)on2)cc1. The second kappa shape index (κ2) is 8.32. The maximum absolute atomic E-state index is 12.3. The predicted octanol–water partition coefficient (Wildman–Crippen LogP) is 2.82. The summed E-state index contributed by atoms with van der Waals surface area (Å²) in [7, 11) is 0. The molecule has 0 spiro atoms. The van der Waals surface area contributed by atoms with Crippen LogP contribution in [0.2, 0.25) is 0 Å². The zero-order valence-corrected chi connectivity index (χ0v) is 15.1. The van der Waals surface area contributed by atoms with Gasteiger partial charge in [0, 0.05) is 37.5 Å². The van der Waals surface area contributed by atoms with Crippen LogP contribution >= 0.6 is 0 Å². The van der Waals surface area contributed by atoms with Crippen LogP contribution in [0, 0.1) is 6.92 Å². The van der Waals surface area contributed by atoms with Gasteiger partial charge in [-0.2, -0.15) is 0 Å². The highest BCUT2D eigenvalue weighted by atomic mass is 16.5. The van der Waals surface area contributed by atoms with E-state index in [-0.39, 0.29) is 18.4 Å². The molecule has 1 heterocycles. The molecule has 1 aromatic carbocycles. The summed E-state index contributed by atoms with van der Waals surface area (Å²) in [4.78, 5) is 27.5. The lowest BCUT2D eigenvalue weighted by Crippen LogP contribution is -2.36. The quantitative estimate of drug-likeness (QED) is 0.835. The van der Waals surface area contributed by atoms with Crippen molar-refractivity contribution < 1.29 is 14.1 Å². The third-order valence-electron chi connectivity index (χ3n) is 3.85. The van der Waals surface area contributed by atoms with E-state index in [9.17, 15) is 9.59 Å². The van der Waals surface area contributed by atoms with Crippen molar-refractivity contribution in [3.05, 3.63) is 36.1 Å². The van der Waals surface area contributed by atoms with Gasteiger partial charge in [-0.15, -0.1) is 0 Å². The monoisotopic (exact) mass is 344 g/mol. The molecule has 7 nitrogen and oxygen atoms in total. The average molecular weight is 344 g/mol. The van der Waals surface area contributed by atoms with Crippen LogP contribution in [0.3, 0.4) is 0 Å². The smallest absolute Gasteiger partial charge is 0.244 e. The summed E-state index contributed by atoms with van der Waals surface area (Å²) >= 11 is 0. The number of nitrogens with one attached hydrogen (secondary N) is 1. The first-order valence-corrected chi connectivity index (χ1v) is 8.30. The molecule has 25 heavy (non-hydrogen) atoms. The largest absolute Gasteiger partial charge is 0.372 e. The molecular weight excluding hydrogens is 320 g/mol. The van der Waals surface area contributed by atoms with Gasteiger partial charge in [0.1, 0.15) is 12.3 Å². The van der Waals surface area contributed by atoms with E-state index in [0.29, 0.717) is 17.3 Å². The minimum Gasteiger partial charge on any atom is -0.372 e. The standard InChI is InChI=1S/C18H24N4O3/c1-5-21(6-2)16-9-7-15(8-10-16)19-18(24)12-22(14(4)23)17-11-13(3)25-20-17/h7-11H,5-6,12H2,1-4H3,(H,19,24). The molecular formula is C18H24N4O3. The number of hydrogen-bond acceptors (Lipinski definition) is 5. The van der Waals surface area contributed by atoms with Crippen molar-refractivity contribution in [2.24, 2.45) is 0 Å². The molecule has 0 saturated heterocycles. The van der Waals surface area contributed by atoms with Gasteiger partial charge in [-0.05, 0) is 45.0 Å². The Morgan fingerprint density at radius 2 is 1.80 bits per heavy atom. The van der Waals surface area contributed by atoms with Crippen molar-refractivity contribution >= 4 is 29.0 Å². The highest BCUT2D eigenvalue weighted by molar-refractivity contribution is 6.01. The van der Waals surface area contributed by atoms with Crippen LogP contribution in [-0.4, -0.2) is 36.6 Å². The van der Waals surface area contributed by atoms with Gasteiger partial charge in [-0.3, -0.25) is 14.5 Å². The summed E-state index contributed by atoms with van der Waals surface area (Å²) < 4.78 is 4.97. The average Bonchev–Trinajstić information content (AvgIpc) is 3.01. The lowest BCUT2D eigenvalue weighted by atomic mass is 10.2. The Kier molecular flexibility index (Phi) is 6.16. The Labute approximate surface area is 147 Å². The van der Waals surface area contributed by atoms with Crippen LogP contribution in [0.15, 0.2) is 34.9 Å². The Hall–Kier alpha value is -2.83. The Bertz CT molecular complexity index is 720. The number of hydrogen-bond donors (Lipinski definition) is 1. The van der Waals surface area contributed by atoms with Gasteiger partial charge in [-0.25, -0.2) is 0 Å². The lowest BCUT2D eigenvalue weighted by Gasteiger charge is -2.21. The highest BCUT2D eigenvalue weighted by Gasteiger charge is 2.19. The van der Waals surface area contributed by atoms with Crippen LogP contribution in [0.5, 0.6) is 0 Å². The number of carbonyl (C=O) groups is 2. The molecule has 0 saturated carbocycles. The molecule has 7 heteroatoms. The summed E-state index contributed by atoms with van der Waals surface area (Å²) in [6.45, 7) is 9.03. The molecule has 0 radical (unpaired) electrons. The summed E-state index contributed by atoms with van der Waals surface area (Å²) in [5.74, 6) is 0.331. The second-order valence-electron chi connectivity index (χ2n) is 5.67. The zero-order valence-electron chi connectivity index (χ0n) is 15.1. The van der Waals surface area contributed by atoms with Crippen molar-refractivity contribution in [3.63, 3.8) is 0 Å². The molecule has 0 aliphatic heterocycles. The number of carbonyl (C=O) groups excluding carboxylic acids is 2. The van der Waals surface area contributed by atoms with Crippen molar-refractivity contribution in [2.75, 3.05) is 34.8 Å². The maximum Gasteiger partial charge on any atom is 0.244 e. The first-order chi connectivity index (χ1) is 11.9. The van der Waals surface area contributed by atoms with Gasteiger partial charge in [0.05, 0.1) is 0 Å². The Balaban J connectivity index is 2.02. The predicted molar refractivity (Wildman–Crippen MR) is 97.9 cm³/mol. The number of anilines is 3. The van der Waals surface area contributed by atoms with Crippen molar-refractivity contribution in [3.8, 4) is 0 Å². The molecule has 2 rings (SSSR count). The van der Waals surface area contributed by atoms with Gasteiger partial charge in [0.25, 0.3) is 0 Å². The molecule has 0 aliphatic rings. The minimum atomic E-state index is -0.300. The van der Waals surface area contributed by atoms with E-state index in [0.717, 1.165) is 18.8 Å². The van der Waals surface area contributed by atoms with E-state index in [1.54, 1.807) is 13.0 Å². The van der Waals surface area contributed by atoms with Gasteiger partial charge < -0.3 is 14.7 Å². The van der Waals surface area contributed by atoms with E-state index in [1.165, 1.54) is 11.8 Å². The molecule has 2 amide bonds. The number of amides is 2. The first-order valence-electron chi connectivity index (χ1n) is 8.30. The minimum absolute atomic E-state index is 0.126. The molecule has 0 bridgehead atoms. The third kappa shape index (κ3) is 4.82. The molecule has 0 atom stereocenters. The zero-order chi connectivity index (χ0) is 18.4. The first kappa shape index (κ1) is 18.5. The fourth-order valence-corrected chi connectivity index (χ4v) is 2.52. The molecule has 0 fully saturated rings. The fourth-order valence-electron chi connectivity index (χ4n) is 2.52. The molecule has 0 unspecified atom stereocenters. The Morgan fingerprint density at radius 1 is 1.16 bits per heavy atom. The van der Waals surface area contributed by atoms with Crippen LogP contribution < -0.4 is 15.1 Å². The van der Waals surface area contributed by atoms with Gasteiger partial charge >= 0.3 is 0 Å². The van der Waals surface area contributed by atoms with Crippen LogP contribution in [0.1, 0.15) is 26.5 Å². The summed E-state index contributed by atoms with van der Waals surface area (Å²) in [6, 6.07) is 9.25. The summed E-state index contributed by atoms with van der Waals surface area (Å²) in [5.41, 5.74) is 1.78. The van der Waals surface area contributed by atoms with E-state index in [1.807, 2.05) is 24.3 Å². The Morgan fingerprint density at radius 3 is 2.28 bits per heavy atom. The number of benzene rings is 1. The molecule has 1 N–H and O–H groups in total.